The zero-order valence-corrected chi connectivity index (χ0v) is 34.7. The quantitative estimate of drug-likeness (QED) is 0.103. The summed E-state index contributed by atoms with van der Waals surface area (Å²) in [6.45, 7) is 7.95. The van der Waals surface area contributed by atoms with Crippen molar-refractivity contribution in [2.24, 2.45) is 0 Å². The Labute approximate surface area is 355 Å². The van der Waals surface area contributed by atoms with Gasteiger partial charge in [0.25, 0.3) is 5.91 Å². The van der Waals surface area contributed by atoms with E-state index in [-0.39, 0.29) is 30.1 Å². The maximum Gasteiger partial charge on any atom is 0.323 e. The Kier molecular flexibility index (Phi) is 19.5. The van der Waals surface area contributed by atoms with Gasteiger partial charge in [-0.2, -0.15) is 0 Å². The number of morpholine rings is 1. The molecule has 5 N–H and O–H groups in total. The van der Waals surface area contributed by atoms with Gasteiger partial charge in [-0.15, -0.1) is 0 Å². The van der Waals surface area contributed by atoms with E-state index >= 15 is 0 Å². The number of halogens is 1. The highest BCUT2D eigenvalue weighted by molar-refractivity contribution is 6.30. The zero-order chi connectivity index (χ0) is 43.3. The molecule has 0 bridgehead atoms. The average molecular weight is 844 g/mol. The first-order chi connectivity index (χ1) is 28.9. The monoisotopic (exact) mass is 843 g/mol. The van der Waals surface area contributed by atoms with Crippen LogP contribution in [0.1, 0.15) is 48.2 Å². The van der Waals surface area contributed by atoms with Crippen molar-refractivity contribution < 1.29 is 43.7 Å². The van der Waals surface area contributed by atoms with Crippen LogP contribution in [0.15, 0.2) is 103 Å². The third kappa shape index (κ3) is 16.1. The van der Waals surface area contributed by atoms with Crippen LogP contribution in [0.5, 0.6) is 5.75 Å². The molecule has 0 aromatic heterocycles. The topological polar surface area (TPSA) is 187 Å². The van der Waals surface area contributed by atoms with Gasteiger partial charge in [-0.1, -0.05) is 66.2 Å². The molecule has 2 aliphatic heterocycles. The molecule has 6 rings (SSSR count). The Bertz CT molecular complexity index is 1990. The van der Waals surface area contributed by atoms with E-state index in [1.165, 1.54) is 17.9 Å². The second-order valence-corrected chi connectivity index (χ2v) is 14.4. The van der Waals surface area contributed by atoms with Crippen LogP contribution in [-0.2, 0) is 41.5 Å². The SMILES string of the molecule is CC(=O)Nc1cccc(O)c1.CCOC(=O)[C@H](CCc1ccccc1)N[C@H]1CCc2ccccc2N(CC(=O)O)C1=O.O=C(NCCN1CCOCC1)c1ccc(Cl)cc1. The van der Waals surface area contributed by atoms with E-state index in [9.17, 15) is 29.1 Å². The van der Waals surface area contributed by atoms with E-state index in [1.54, 1.807) is 61.5 Å². The van der Waals surface area contributed by atoms with E-state index < -0.39 is 30.6 Å². The number of aliphatic carboxylic acids is 1. The van der Waals surface area contributed by atoms with E-state index in [0.29, 0.717) is 54.2 Å². The second-order valence-electron chi connectivity index (χ2n) is 14.0. The minimum atomic E-state index is -1.09. The van der Waals surface area contributed by atoms with Gasteiger partial charge in [0.05, 0.1) is 25.9 Å². The Hall–Kier alpha value is -5.80. The van der Waals surface area contributed by atoms with Crippen LogP contribution in [0.3, 0.4) is 0 Å². The van der Waals surface area contributed by atoms with Crippen LogP contribution in [0.4, 0.5) is 11.4 Å². The third-order valence-electron chi connectivity index (χ3n) is 9.47. The molecule has 60 heavy (non-hydrogen) atoms. The van der Waals surface area contributed by atoms with E-state index in [1.807, 2.05) is 42.5 Å². The summed E-state index contributed by atoms with van der Waals surface area (Å²) >= 11 is 5.77. The van der Waals surface area contributed by atoms with Gasteiger partial charge < -0.3 is 30.3 Å². The molecule has 1 saturated heterocycles. The van der Waals surface area contributed by atoms with Crippen LogP contribution in [-0.4, -0.2) is 109 Å². The number of carboxylic acids is 1. The Balaban J connectivity index is 0.000000229. The van der Waals surface area contributed by atoms with Gasteiger partial charge in [0, 0.05) is 61.1 Å². The first-order valence-electron chi connectivity index (χ1n) is 19.9. The fourth-order valence-corrected chi connectivity index (χ4v) is 6.65. The minimum Gasteiger partial charge on any atom is -0.508 e. The second kappa shape index (κ2) is 25.0. The summed E-state index contributed by atoms with van der Waals surface area (Å²) in [7, 11) is 0. The van der Waals surface area contributed by atoms with Crippen molar-refractivity contribution in [3.05, 3.63) is 125 Å². The molecule has 3 amide bonds. The minimum absolute atomic E-state index is 0.0556. The summed E-state index contributed by atoms with van der Waals surface area (Å²) in [5.41, 5.74) is 3.86. The fraction of sp³-hybridized carbons (Fsp3) is 0.356. The normalized spacial score (nSPS) is 15.3. The lowest BCUT2D eigenvalue weighted by atomic mass is 10.0. The average Bonchev–Trinajstić information content (AvgIpc) is 3.36. The van der Waals surface area contributed by atoms with Gasteiger partial charge in [-0.05, 0) is 86.2 Å². The molecule has 320 valence electrons. The first kappa shape index (κ1) is 46.9. The van der Waals surface area contributed by atoms with Crippen molar-refractivity contribution in [3.63, 3.8) is 0 Å². The summed E-state index contributed by atoms with van der Waals surface area (Å²) in [5, 5.41) is 27.6. The molecule has 0 saturated carbocycles. The summed E-state index contributed by atoms with van der Waals surface area (Å²) < 4.78 is 10.5. The number of ether oxygens (including phenoxy) is 2. The summed E-state index contributed by atoms with van der Waals surface area (Å²) in [5.74, 6) is -1.89. The number of esters is 1. The van der Waals surface area contributed by atoms with E-state index in [4.69, 9.17) is 26.2 Å². The highest BCUT2D eigenvalue weighted by Crippen LogP contribution is 2.27. The molecule has 0 spiro atoms. The lowest BCUT2D eigenvalue weighted by Gasteiger charge is -2.27. The number of phenolic OH excluding ortho intramolecular Hbond substituents is 1. The zero-order valence-electron chi connectivity index (χ0n) is 34.0. The Morgan fingerprint density at radius 3 is 2.30 bits per heavy atom. The van der Waals surface area contributed by atoms with Gasteiger partial charge in [-0.25, -0.2) is 0 Å². The number of carbonyl (C=O) groups excluding carboxylic acids is 4. The van der Waals surface area contributed by atoms with Crippen molar-refractivity contribution in [3.8, 4) is 5.75 Å². The maximum absolute atomic E-state index is 13.3. The van der Waals surface area contributed by atoms with Gasteiger partial charge >= 0.3 is 11.9 Å². The number of benzene rings is 4. The number of carbonyl (C=O) groups is 5. The van der Waals surface area contributed by atoms with Crippen LogP contribution < -0.4 is 20.9 Å². The number of aryl methyl sites for hydroxylation is 2. The highest BCUT2D eigenvalue weighted by Gasteiger charge is 2.34. The molecule has 2 heterocycles. The lowest BCUT2D eigenvalue weighted by Crippen LogP contribution is -2.53. The molecule has 2 atom stereocenters. The van der Waals surface area contributed by atoms with Crippen molar-refractivity contribution in [1.82, 2.24) is 15.5 Å². The molecule has 0 radical (unpaired) electrons. The number of carboxylic acid groups (broad SMARTS) is 1. The summed E-state index contributed by atoms with van der Waals surface area (Å²) in [4.78, 5) is 63.2. The largest absolute Gasteiger partial charge is 0.508 e. The molecule has 0 unspecified atom stereocenters. The molecule has 4 aromatic rings. The highest BCUT2D eigenvalue weighted by atomic mass is 35.5. The number of aromatic hydroxyl groups is 1. The number of rotatable bonds is 14. The van der Waals surface area contributed by atoms with Crippen molar-refractivity contribution in [2.75, 3.05) is 62.8 Å². The Morgan fingerprint density at radius 2 is 1.63 bits per heavy atom. The number of nitrogens with zero attached hydrogens (tertiary/aromatic N) is 2. The number of phenols is 1. The molecule has 14 nitrogen and oxygen atoms in total. The molecule has 1 fully saturated rings. The first-order valence-corrected chi connectivity index (χ1v) is 20.3. The number of fused-ring (bicyclic) bond motifs is 1. The van der Waals surface area contributed by atoms with Crippen molar-refractivity contribution in [2.45, 2.75) is 51.6 Å². The number of hydrogen-bond donors (Lipinski definition) is 5. The van der Waals surface area contributed by atoms with Crippen molar-refractivity contribution >= 4 is 52.6 Å². The van der Waals surface area contributed by atoms with Crippen LogP contribution >= 0.6 is 11.6 Å². The van der Waals surface area contributed by atoms with Crippen LogP contribution in [0, 0.1) is 0 Å². The number of anilines is 2. The van der Waals surface area contributed by atoms with Gasteiger partial charge in [0.2, 0.25) is 11.8 Å². The number of amides is 3. The van der Waals surface area contributed by atoms with Crippen LogP contribution in [0.2, 0.25) is 5.02 Å². The molecule has 2 aliphatic rings. The summed E-state index contributed by atoms with van der Waals surface area (Å²) in [6.07, 6.45) is 2.19. The molecule has 4 aromatic carbocycles. The number of nitrogens with one attached hydrogen (secondary N) is 3. The fourth-order valence-electron chi connectivity index (χ4n) is 6.52. The van der Waals surface area contributed by atoms with Gasteiger partial charge in [0.1, 0.15) is 18.3 Å². The standard InChI is InChI=1S/C24H28N2O5.C13H17ClN2O2.C8H9NO2/c1-2-31-24(30)20(14-12-17-8-4-3-5-9-17)25-19-15-13-18-10-6-7-11-21(18)26(23(19)29)16-22(27)28;14-12-3-1-11(2-4-12)13(17)15-5-6-16-7-9-18-10-8-16;1-6(10)9-7-3-2-4-8(11)5-7/h3-11,19-20,25H,2,12-16H2,1H3,(H,27,28);1-4H,5-10H2,(H,15,17);2-5,11H,1H3,(H,9,10)/t19-,20-;;/m0../s1. The molecular weight excluding hydrogens is 790 g/mol. The Morgan fingerprint density at radius 1 is 0.933 bits per heavy atom. The van der Waals surface area contributed by atoms with Gasteiger partial charge in [0.15, 0.2) is 0 Å². The van der Waals surface area contributed by atoms with Crippen molar-refractivity contribution in [1.29, 1.82) is 0 Å². The van der Waals surface area contributed by atoms with E-state index in [0.717, 1.165) is 44.0 Å². The number of hydrogen-bond acceptors (Lipinski definition) is 10. The molecule has 0 aliphatic carbocycles. The third-order valence-corrected chi connectivity index (χ3v) is 9.72. The number of para-hydroxylation sites is 1. The summed E-state index contributed by atoms with van der Waals surface area (Å²) in [6, 6.07) is 29.1. The van der Waals surface area contributed by atoms with Crippen LogP contribution in [0.25, 0.3) is 0 Å². The predicted octanol–water partition coefficient (Wildman–Crippen LogP) is 5.33. The molecular formula is C45H54ClN5O9. The van der Waals surface area contributed by atoms with E-state index in [2.05, 4.69) is 20.9 Å². The molecule has 15 heteroatoms. The van der Waals surface area contributed by atoms with Gasteiger partial charge in [-0.3, -0.25) is 39.1 Å². The lowest BCUT2D eigenvalue weighted by molar-refractivity contribution is -0.146. The predicted molar refractivity (Wildman–Crippen MR) is 230 cm³/mol. The maximum atomic E-state index is 13.3. The smallest absolute Gasteiger partial charge is 0.323 e.